The molecule has 0 amide bonds. The molecule has 0 atom stereocenters. The van der Waals surface area contributed by atoms with Crippen LogP contribution in [0.25, 0.3) is 0 Å². The van der Waals surface area contributed by atoms with Crippen molar-refractivity contribution in [3.8, 4) is 0 Å². The fourth-order valence-electron chi connectivity index (χ4n) is 1.20. The zero-order chi connectivity index (χ0) is 8.97. The summed E-state index contributed by atoms with van der Waals surface area (Å²) in [6, 6.07) is 0. The molecule has 0 bridgehead atoms. The number of rotatable bonds is 2. The SMILES string of the molecule is C=C/C=C(C)\C=C1\CN=C(N)C1. The number of hydrogen-bond acceptors (Lipinski definition) is 2. The highest BCUT2D eigenvalue weighted by molar-refractivity contribution is 5.85. The number of nitrogens with two attached hydrogens (primary N) is 1. The lowest BCUT2D eigenvalue weighted by Crippen LogP contribution is -2.06. The van der Waals surface area contributed by atoms with Crippen molar-refractivity contribution in [2.75, 3.05) is 6.54 Å². The van der Waals surface area contributed by atoms with Crippen LogP contribution < -0.4 is 5.73 Å². The molecule has 0 saturated carbocycles. The van der Waals surface area contributed by atoms with E-state index >= 15 is 0 Å². The highest BCUT2D eigenvalue weighted by atomic mass is 14.9. The summed E-state index contributed by atoms with van der Waals surface area (Å²) in [4.78, 5) is 4.10. The van der Waals surface area contributed by atoms with Crippen molar-refractivity contribution in [2.45, 2.75) is 13.3 Å². The van der Waals surface area contributed by atoms with Crippen molar-refractivity contribution in [3.63, 3.8) is 0 Å². The molecule has 2 nitrogen and oxygen atoms in total. The molecule has 12 heavy (non-hydrogen) atoms. The Bertz CT molecular complexity index is 270. The van der Waals surface area contributed by atoms with E-state index in [0.717, 1.165) is 18.8 Å². The van der Waals surface area contributed by atoms with E-state index in [-0.39, 0.29) is 0 Å². The second kappa shape index (κ2) is 3.90. The van der Waals surface area contributed by atoms with Gasteiger partial charge in [0, 0.05) is 6.42 Å². The van der Waals surface area contributed by atoms with Crippen LogP contribution in [-0.4, -0.2) is 12.4 Å². The van der Waals surface area contributed by atoms with Crippen molar-refractivity contribution in [2.24, 2.45) is 10.7 Å². The lowest BCUT2D eigenvalue weighted by Gasteiger charge is -1.94. The molecule has 0 spiro atoms. The molecule has 1 heterocycles. The monoisotopic (exact) mass is 162 g/mol. The Morgan fingerprint density at radius 1 is 1.67 bits per heavy atom. The molecule has 2 N–H and O–H groups in total. The van der Waals surface area contributed by atoms with Gasteiger partial charge < -0.3 is 5.73 Å². The topological polar surface area (TPSA) is 38.4 Å². The fourth-order valence-corrected chi connectivity index (χ4v) is 1.20. The van der Waals surface area contributed by atoms with Crippen LogP contribution in [0.1, 0.15) is 13.3 Å². The standard InChI is InChI=1S/C10H14N2/c1-3-4-8(2)5-9-6-10(11)12-7-9/h3-5H,1,6-7H2,2H3,(H2,11,12)/b8-4-,9-5+. The molecule has 0 aliphatic carbocycles. The average molecular weight is 162 g/mol. The first-order valence-corrected chi connectivity index (χ1v) is 4.00. The maximum absolute atomic E-state index is 5.54. The molecular weight excluding hydrogens is 148 g/mol. The van der Waals surface area contributed by atoms with E-state index in [9.17, 15) is 0 Å². The average Bonchev–Trinajstić information content (AvgIpc) is 2.36. The molecule has 1 aliphatic rings. The Balaban J connectivity index is 2.61. The maximum Gasteiger partial charge on any atom is 0.0982 e. The predicted octanol–water partition coefficient (Wildman–Crippen LogP) is 1.81. The van der Waals surface area contributed by atoms with Gasteiger partial charge in [-0.2, -0.15) is 0 Å². The molecule has 1 rings (SSSR count). The Kier molecular flexibility index (Phi) is 2.86. The van der Waals surface area contributed by atoms with Gasteiger partial charge in [0.2, 0.25) is 0 Å². The van der Waals surface area contributed by atoms with Crippen LogP contribution in [0.2, 0.25) is 0 Å². The van der Waals surface area contributed by atoms with Crippen molar-refractivity contribution >= 4 is 5.84 Å². The van der Waals surface area contributed by atoms with Gasteiger partial charge in [-0.05, 0) is 12.5 Å². The van der Waals surface area contributed by atoms with E-state index in [1.165, 1.54) is 11.1 Å². The molecule has 0 fully saturated rings. The summed E-state index contributed by atoms with van der Waals surface area (Å²) in [6.07, 6.45) is 6.69. The van der Waals surface area contributed by atoms with Gasteiger partial charge in [-0.3, -0.25) is 4.99 Å². The molecule has 0 unspecified atom stereocenters. The first-order chi connectivity index (χ1) is 5.72. The second-order valence-corrected chi connectivity index (χ2v) is 2.93. The molecule has 0 radical (unpaired) electrons. The number of amidine groups is 1. The molecule has 64 valence electrons. The third-order valence-corrected chi connectivity index (χ3v) is 1.71. The lowest BCUT2D eigenvalue weighted by atomic mass is 10.1. The molecule has 0 aromatic heterocycles. The molecule has 0 saturated heterocycles. The fraction of sp³-hybridized carbons (Fsp3) is 0.300. The van der Waals surface area contributed by atoms with Gasteiger partial charge in [0.25, 0.3) is 0 Å². The van der Waals surface area contributed by atoms with Crippen LogP contribution in [0.5, 0.6) is 0 Å². The molecule has 0 aromatic rings. The largest absolute Gasteiger partial charge is 0.387 e. The zero-order valence-electron chi connectivity index (χ0n) is 7.38. The Morgan fingerprint density at radius 2 is 2.42 bits per heavy atom. The van der Waals surface area contributed by atoms with E-state index in [1.807, 2.05) is 13.0 Å². The van der Waals surface area contributed by atoms with Crippen LogP contribution in [0.3, 0.4) is 0 Å². The van der Waals surface area contributed by atoms with Crippen molar-refractivity contribution < 1.29 is 0 Å². The molecule has 1 aliphatic heterocycles. The van der Waals surface area contributed by atoms with Gasteiger partial charge in [0.05, 0.1) is 12.4 Å². The maximum atomic E-state index is 5.54. The van der Waals surface area contributed by atoms with Crippen molar-refractivity contribution in [3.05, 3.63) is 36.0 Å². The van der Waals surface area contributed by atoms with Gasteiger partial charge in [0.1, 0.15) is 0 Å². The van der Waals surface area contributed by atoms with E-state index in [1.54, 1.807) is 6.08 Å². The third-order valence-electron chi connectivity index (χ3n) is 1.71. The quantitative estimate of drug-likeness (QED) is 0.618. The van der Waals surface area contributed by atoms with E-state index in [0.29, 0.717) is 0 Å². The van der Waals surface area contributed by atoms with Gasteiger partial charge >= 0.3 is 0 Å². The third kappa shape index (κ3) is 2.38. The molecule has 0 aromatic carbocycles. The van der Waals surface area contributed by atoms with Crippen LogP contribution in [0.4, 0.5) is 0 Å². The van der Waals surface area contributed by atoms with E-state index in [4.69, 9.17) is 5.73 Å². The van der Waals surface area contributed by atoms with Crippen molar-refractivity contribution in [1.29, 1.82) is 0 Å². The number of aliphatic imine (C=N–C) groups is 1. The van der Waals surface area contributed by atoms with Gasteiger partial charge in [-0.15, -0.1) is 0 Å². The van der Waals surface area contributed by atoms with E-state index in [2.05, 4.69) is 17.6 Å². The highest BCUT2D eigenvalue weighted by Gasteiger charge is 2.06. The number of hydrogen-bond donors (Lipinski definition) is 1. The first-order valence-electron chi connectivity index (χ1n) is 4.00. The van der Waals surface area contributed by atoms with Crippen molar-refractivity contribution in [1.82, 2.24) is 0 Å². The summed E-state index contributed by atoms with van der Waals surface area (Å²) in [5.41, 5.74) is 8.02. The highest BCUT2D eigenvalue weighted by Crippen LogP contribution is 2.12. The number of nitrogens with zero attached hydrogens (tertiary/aromatic N) is 1. The summed E-state index contributed by atoms with van der Waals surface area (Å²) < 4.78 is 0. The number of allylic oxidation sites excluding steroid dienone is 4. The van der Waals surface area contributed by atoms with E-state index < -0.39 is 0 Å². The van der Waals surface area contributed by atoms with Gasteiger partial charge in [-0.1, -0.05) is 30.4 Å². The minimum Gasteiger partial charge on any atom is -0.387 e. The Morgan fingerprint density at radius 3 is 2.92 bits per heavy atom. The summed E-state index contributed by atoms with van der Waals surface area (Å²) in [5.74, 6) is 0.743. The Labute approximate surface area is 73.2 Å². The Hall–Kier alpha value is -1.31. The normalized spacial score (nSPS) is 21.2. The van der Waals surface area contributed by atoms with Crippen LogP contribution in [-0.2, 0) is 0 Å². The minimum atomic E-state index is 0.743. The summed E-state index contributed by atoms with van der Waals surface area (Å²) in [6.45, 7) is 6.43. The zero-order valence-corrected chi connectivity index (χ0v) is 7.38. The van der Waals surface area contributed by atoms with Gasteiger partial charge in [-0.25, -0.2) is 0 Å². The molecule has 2 heteroatoms. The first kappa shape index (κ1) is 8.78. The van der Waals surface area contributed by atoms with Crippen LogP contribution in [0, 0.1) is 0 Å². The van der Waals surface area contributed by atoms with Gasteiger partial charge in [0.15, 0.2) is 0 Å². The van der Waals surface area contributed by atoms with Crippen LogP contribution >= 0.6 is 0 Å². The smallest absolute Gasteiger partial charge is 0.0982 e. The predicted molar refractivity (Wildman–Crippen MR) is 53.1 cm³/mol. The summed E-state index contributed by atoms with van der Waals surface area (Å²) in [5, 5.41) is 0. The second-order valence-electron chi connectivity index (χ2n) is 2.93. The molecular formula is C10H14N2. The minimum absolute atomic E-state index is 0.743. The summed E-state index contributed by atoms with van der Waals surface area (Å²) in [7, 11) is 0. The van der Waals surface area contributed by atoms with Crippen LogP contribution in [0.15, 0.2) is 40.9 Å². The lowest BCUT2D eigenvalue weighted by molar-refractivity contribution is 1.17. The summed E-state index contributed by atoms with van der Waals surface area (Å²) >= 11 is 0.